The van der Waals surface area contributed by atoms with Crippen molar-refractivity contribution < 1.29 is 9.59 Å². The monoisotopic (exact) mass is 346 g/mol. The molecule has 0 saturated carbocycles. The van der Waals surface area contributed by atoms with E-state index in [-0.39, 0.29) is 29.8 Å². The highest BCUT2D eigenvalue weighted by molar-refractivity contribution is 5.92. The van der Waals surface area contributed by atoms with Gasteiger partial charge in [-0.05, 0) is 65.3 Å². The van der Waals surface area contributed by atoms with Crippen LogP contribution in [0.4, 0.5) is 0 Å². The van der Waals surface area contributed by atoms with Crippen molar-refractivity contribution in [3.63, 3.8) is 0 Å². The Hall–Kier alpha value is -1.95. The molecule has 6 nitrogen and oxygen atoms in total. The van der Waals surface area contributed by atoms with Crippen LogP contribution in [0.3, 0.4) is 0 Å². The number of hydrogen-bond donors (Lipinski definition) is 2. The number of aromatic nitrogens is 1. The summed E-state index contributed by atoms with van der Waals surface area (Å²) in [6.07, 6.45) is 4.33. The van der Waals surface area contributed by atoms with E-state index in [4.69, 9.17) is 0 Å². The number of nitrogens with zero attached hydrogens (tertiary/aromatic N) is 2. The topological polar surface area (TPSA) is 74.3 Å². The van der Waals surface area contributed by atoms with Crippen molar-refractivity contribution in [1.29, 1.82) is 0 Å². The fraction of sp³-hybridized carbons (Fsp3) is 0.632. The summed E-state index contributed by atoms with van der Waals surface area (Å²) < 4.78 is 0. The van der Waals surface area contributed by atoms with E-state index in [2.05, 4.69) is 20.5 Å². The second-order valence-electron chi connectivity index (χ2n) is 7.16. The first-order valence-corrected chi connectivity index (χ1v) is 9.20. The van der Waals surface area contributed by atoms with Crippen LogP contribution in [0.15, 0.2) is 24.4 Å². The number of carbonyl (C=O) groups is 2. The fourth-order valence-corrected chi connectivity index (χ4v) is 3.06. The highest BCUT2D eigenvalue weighted by atomic mass is 16.2. The minimum absolute atomic E-state index is 0.0940. The molecule has 1 aliphatic rings. The van der Waals surface area contributed by atoms with Crippen LogP contribution < -0.4 is 10.6 Å². The van der Waals surface area contributed by atoms with E-state index in [0.717, 1.165) is 38.9 Å². The molecule has 1 saturated heterocycles. The van der Waals surface area contributed by atoms with Gasteiger partial charge in [0.25, 0.3) is 5.91 Å². The van der Waals surface area contributed by atoms with Gasteiger partial charge in [0.05, 0.1) is 0 Å². The zero-order valence-electron chi connectivity index (χ0n) is 15.5. The third kappa shape index (κ3) is 6.46. The maximum Gasteiger partial charge on any atom is 0.270 e. The number of piperidine rings is 1. The molecule has 0 radical (unpaired) electrons. The van der Waals surface area contributed by atoms with Gasteiger partial charge < -0.3 is 15.5 Å². The summed E-state index contributed by atoms with van der Waals surface area (Å²) in [6.45, 7) is 8.82. The number of carbonyl (C=O) groups excluding carboxylic acids is 2. The number of pyridine rings is 1. The van der Waals surface area contributed by atoms with Crippen LogP contribution in [0.5, 0.6) is 0 Å². The third-order valence-electron chi connectivity index (χ3n) is 4.54. The smallest absolute Gasteiger partial charge is 0.270 e. The Morgan fingerprint density at radius 1 is 1.20 bits per heavy atom. The van der Waals surface area contributed by atoms with Crippen molar-refractivity contribution in [2.45, 2.75) is 52.1 Å². The van der Waals surface area contributed by atoms with Gasteiger partial charge in [-0.25, -0.2) is 0 Å². The van der Waals surface area contributed by atoms with Crippen LogP contribution in [-0.2, 0) is 4.79 Å². The van der Waals surface area contributed by atoms with E-state index < -0.39 is 0 Å². The van der Waals surface area contributed by atoms with Gasteiger partial charge in [-0.1, -0.05) is 6.07 Å². The summed E-state index contributed by atoms with van der Waals surface area (Å²) in [5.41, 5.74) is 0.450. The second kappa shape index (κ2) is 9.51. The summed E-state index contributed by atoms with van der Waals surface area (Å²) >= 11 is 0. The molecule has 1 fully saturated rings. The standard InChI is InChI=1S/C19H30N4O2/c1-14(2)21-18(24)16-8-12-23(13-9-16)11-7-15(3)22-19(25)17-6-4-5-10-20-17/h4-6,10,14-16H,7-9,11-13H2,1-3H3,(H,21,24)(H,22,25). The predicted molar refractivity (Wildman–Crippen MR) is 98.2 cm³/mol. The van der Waals surface area contributed by atoms with Crippen molar-refractivity contribution in [1.82, 2.24) is 20.5 Å². The van der Waals surface area contributed by atoms with Gasteiger partial charge in [-0.2, -0.15) is 0 Å². The average molecular weight is 346 g/mol. The van der Waals surface area contributed by atoms with E-state index in [1.165, 1.54) is 0 Å². The third-order valence-corrected chi connectivity index (χ3v) is 4.54. The summed E-state index contributed by atoms with van der Waals surface area (Å²) in [4.78, 5) is 30.6. The Morgan fingerprint density at radius 3 is 2.52 bits per heavy atom. The van der Waals surface area contributed by atoms with E-state index in [9.17, 15) is 9.59 Å². The van der Waals surface area contributed by atoms with Gasteiger partial charge in [-0.15, -0.1) is 0 Å². The van der Waals surface area contributed by atoms with Crippen LogP contribution in [0, 0.1) is 5.92 Å². The molecule has 0 aromatic carbocycles. The maximum atomic E-state index is 12.1. The first kappa shape index (κ1) is 19.4. The Bertz CT molecular complexity index is 554. The van der Waals surface area contributed by atoms with Gasteiger partial charge in [-0.3, -0.25) is 14.6 Å². The molecule has 1 aromatic heterocycles. The van der Waals surface area contributed by atoms with Gasteiger partial charge in [0.15, 0.2) is 0 Å². The molecule has 2 amide bonds. The predicted octanol–water partition coefficient (Wildman–Crippen LogP) is 1.83. The minimum atomic E-state index is -0.128. The molecule has 1 atom stereocenters. The quantitative estimate of drug-likeness (QED) is 0.790. The van der Waals surface area contributed by atoms with Gasteiger partial charge in [0.2, 0.25) is 5.91 Å². The maximum absolute atomic E-state index is 12.1. The number of amides is 2. The summed E-state index contributed by atoms with van der Waals surface area (Å²) in [7, 11) is 0. The van der Waals surface area contributed by atoms with Gasteiger partial charge in [0.1, 0.15) is 5.69 Å². The lowest BCUT2D eigenvalue weighted by atomic mass is 9.95. The van der Waals surface area contributed by atoms with E-state index in [1.54, 1.807) is 18.3 Å². The molecular weight excluding hydrogens is 316 g/mol. The Balaban J connectivity index is 1.67. The molecule has 0 spiro atoms. The zero-order valence-corrected chi connectivity index (χ0v) is 15.5. The van der Waals surface area contributed by atoms with Crippen LogP contribution in [-0.4, -0.2) is 53.4 Å². The molecule has 6 heteroatoms. The molecule has 138 valence electrons. The molecular formula is C19H30N4O2. The summed E-state index contributed by atoms with van der Waals surface area (Å²) in [6, 6.07) is 5.62. The fourth-order valence-electron chi connectivity index (χ4n) is 3.06. The molecule has 2 rings (SSSR count). The van der Waals surface area contributed by atoms with Crippen molar-refractivity contribution in [3.05, 3.63) is 30.1 Å². The van der Waals surface area contributed by atoms with Crippen LogP contribution >= 0.6 is 0 Å². The van der Waals surface area contributed by atoms with Gasteiger partial charge >= 0.3 is 0 Å². The highest BCUT2D eigenvalue weighted by Gasteiger charge is 2.25. The average Bonchev–Trinajstić information content (AvgIpc) is 2.60. The van der Waals surface area contributed by atoms with Gasteiger partial charge in [0, 0.05) is 30.7 Å². The molecule has 2 N–H and O–H groups in total. The largest absolute Gasteiger partial charge is 0.354 e. The molecule has 1 aromatic rings. The number of likely N-dealkylation sites (tertiary alicyclic amines) is 1. The molecule has 0 bridgehead atoms. The zero-order chi connectivity index (χ0) is 18.2. The molecule has 2 heterocycles. The van der Waals surface area contributed by atoms with Crippen molar-refractivity contribution >= 4 is 11.8 Å². The van der Waals surface area contributed by atoms with E-state index in [0.29, 0.717) is 5.69 Å². The first-order valence-electron chi connectivity index (χ1n) is 9.20. The Morgan fingerprint density at radius 2 is 1.92 bits per heavy atom. The molecule has 25 heavy (non-hydrogen) atoms. The first-order chi connectivity index (χ1) is 12.0. The molecule has 1 aliphatic heterocycles. The Labute approximate surface area is 150 Å². The summed E-state index contributed by atoms with van der Waals surface area (Å²) in [5.74, 6) is 0.197. The van der Waals surface area contributed by atoms with E-state index >= 15 is 0 Å². The van der Waals surface area contributed by atoms with Crippen LogP contribution in [0.2, 0.25) is 0 Å². The van der Waals surface area contributed by atoms with Crippen LogP contribution in [0.25, 0.3) is 0 Å². The lowest BCUT2D eigenvalue weighted by Crippen LogP contribution is -2.43. The van der Waals surface area contributed by atoms with Crippen molar-refractivity contribution in [2.75, 3.05) is 19.6 Å². The van der Waals surface area contributed by atoms with Crippen molar-refractivity contribution in [2.24, 2.45) is 5.92 Å². The normalized spacial score (nSPS) is 17.3. The minimum Gasteiger partial charge on any atom is -0.354 e. The molecule has 0 aliphatic carbocycles. The lowest BCUT2D eigenvalue weighted by Gasteiger charge is -2.32. The highest BCUT2D eigenvalue weighted by Crippen LogP contribution is 2.18. The lowest BCUT2D eigenvalue weighted by molar-refractivity contribution is -0.126. The number of hydrogen-bond acceptors (Lipinski definition) is 4. The molecule has 1 unspecified atom stereocenters. The Kier molecular flexibility index (Phi) is 7.37. The number of nitrogens with one attached hydrogen (secondary N) is 2. The summed E-state index contributed by atoms with van der Waals surface area (Å²) in [5, 5.41) is 6.00. The SMILES string of the molecule is CC(C)NC(=O)C1CCN(CCC(C)NC(=O)c2ccccn2)CC1. The number of rotatable bonds is 7. The van der Waals surface area contributed by atoms with E-state index in [1.807, 2.05) is 26.8 Å². The van der Waals surface area contributed by atoms with Crippen molar-refractivity contribution in [3.8, 4) is 0 Å². The van der Waals surface area contributed by atoms with Crippen LogP contribution in [0.1, 0.15) is 50.5 Å². The second-order valence-corrected chi connectivity index (χ2v) is 7.16.